The van der Waals surface area contributed by atoms with Crippen molar-refractivity contribution in [1.82, 2.24) is 9.97 Å². The molecule has 0 N–H and O–H groups in total. The van der Waals surface area contributed by atoms with Crippen LogP contribution in [0.15, 0.2) is 46.9 Å². The van der Waals surface area contributed by atoms with Gasteiger partial charge in [0.2, 0.25) is 0 Å². The topological polar surface area (TPSA) is 69.0 Å². The first-order valence-electron chi connectivity index (χ1n) is 6.94. The quantitative estimate of drug-likeness (QED) is 0.422. The molecule has 3 aromatic rings. The average molecular weight is 357 g/mol. The van der Waals surface area contributed by atoms with E-state index in [2.05, 4.69) is 20.0 Å². The Kier molecular flexibility index (Phi) is 2.80. The molecule has 5 rings (SSSR count). The second-order valence-corrected chi connectivity index (χ2v) is 5.85. The van der Waals surface area contributed by atoms with E-state index in [0.29, 0.717) is 45.1 Å². The van der Waals surface area contributed by atoms with Crippen LogP contribution < -0.4 is 20.2 Å². The number of hydrogen-bond acceptors (Lipinski definition) is 6. The van der Waals surface area contributed by atoms with E-state index in [0.717, 1.165) is 0 Å². The third-order valence-corrected chi connectivity index (χ3v) is 4.36. The molecule has 0 spiro atoms. The van der Waals surface area contributed by atoms with Crippen LogP contribution >= 0.6 is 23.2 Å². The Morgan fingerprint density at radius 1 is 0.708 bits per heavy atom. The number of benzene rings is 1. The van der Waals surface area contributed by atoms with Crippen molar-refractivity contribution < 1.29 is 9.47 Å². The van der Waals surface area contributed by atoms with E-state index in [9.17, 15) is 0 Å². The molecule has 2 aliphatic rings. The van der Waals surface area contributed by atoms with E-state index < -0.39 is 0 Å². The molecule has 24 heavy (non-hydrogen) atoms. The van der Waals surface area contributed by atoms with E-state index in [4.69, 9.17) is 32.7 Å². The Morgan fingerprint density at radius 2 is 1.17 bits per heavy atom. The predicted molar refractivity (Wildman–Crippen MR) is 86.7 cm³/mol. The Hall–Kier alpha value is -2.70. The van der Waals surface area contributed by atoms with Gasteiger partial charge in [-0.3, -0.25) is 9.97 Å². The summed E-state index contributed by atoms with van der Waals surface area (Å²) in [6, 6.07) is 3.46. The number of rotatable bonds is 0. The lowest BCUT2D eigenvalue weighted by molar-refractivity contribution is 0.449. The molecule has 6 nitrogen and oxygen atoms in total. The molecular formula is C16H6Cl2N4O2. The average Bonchev–Trinajstić information content (AvgIpc) is 2.64. The Balaban J connectivity index is 1.87. The minimum atomic E-state index is 0.283. The first-order chi connectivity index (χ1) is 11.7. The van der Waals surface area contributed by atoms with Gasteiger partial charge in [-0.1, -0.05) is 23.2 Å². The van der Waals surface area contributed by atoms with Crippen molar-refractivity contribution in [1.29, 1.82) is 0 Å². The molecule has 0 unspecified atom stereocenters. The molecule has 0 amide bonds. The second kappa shape index (κ2) is 4.90. The number of hydrogen-bond donors (Lipinski definition) is 0. The summed E-state index contributed by atoms with van der Waals surface area (Å²) in [5.41, 5.74) is 1.23. The Labute approximate surface area is 145 Å². The summed E-state index contributed by atoms with van der Waals surface area (Å²) in [4.78, 5) is 17.1. The molecule has 1 aromatic carbocycles. The van der Waals surface area contributed by atoms with Gasteiger partial charge in [0.25, 0.3) is 0 Å². The lowest BCUT2D eigenvalue weighted by atomic mass is 10.2. The summed E-state index contributed by atoms with van der Waals surface area (Å²) in [5, 5.41) is 1.37. The van der Waals surface area contributed by atoms with Gasteiger partial charge in [-0.2, -0.15) is 0 Å². The van der Waals surface area contributed by atoms with Gasteiger partial charge in [-0.05, 0) is 12.1 Å². The van der Waals surface area contributed by atoms with Crippen LogP contribution in [0, 0.1) is 0 Å². The fourth-order valence-corrected chi connectivity index (χ4v) is 3.07. The molecule has 0 saturated carbocycles. The second-order valence-electron chi connectivity index (χ2n) is 5.10. The zero-order valence-corrected chi connectivity index (χ0v) is 13.3. The largest absolute Gasteiger partial charge is 0.449 e. The van der Waals surface area contributed by atoms with Crippen LogP contribution in [0.2, 0.25) is 10.0 Å². The predicted octanol–water partition coefficient (Wildman–Crippen LogP) is 3.90. The van der Waals surface area contributed by atoms with Crippen LogP contribution in [-0.4, -0.2) is 9.97 Å². The SMILES string of the molecule is Clc1c2c(c(Cl)c3c1=Nc1ccncc1O3)=Nc1ccncc1O2. The van der Waals surface area contributed by atoms with Gasteiger partial charge < -0.3 is 9.47 Å². The zero-order valence-electron chi connectivity index (χ0n) is 11.8. The molecule has 4 heterocycles. The summed E-state index contributed by atoms with van der Waals surface area (Å²) in [6.07, 6.45) is 6.39. The molecule has 8 heteroatoms. The highest BCUT2D eigenvalue weighted by Crippen LogP contribution is 2.41. The molecule has 0 radical (unpaired) electrons. The monoisotopic (exact) mass is 356 g/mol. The van der Waals surface area contributed by atoms with E-state index in [-0.39, 0.29) is 10.0 Å². The Morgan fingerprint density at radius 3 is 1.62 bits per heavy atom. The highest BCUT2D eigenvalue weighted by molar-refractivity contribution is 6.35. The zero-order chi connectivity index (χ0) is 16.3. The van der Waals surface area contributed by atoms with Crippen molar-refractivity contribution >= 4 is 34.6 Å². The van der Waals surface area contributed by atoms with Crippen molar-refractivity contribution in [2.75, 3.05) is 0 Å². The fourth-order valence-electron chi connectivity index (χ4n) is 2.56. The number of nitrogens with zero attached hydrogens (tertiary/aromatic N) is 4. The lowest BCUT2D eigenvalue weighted by Gasteiger charge is -2.20. The van der Waals surface area contributed by atoms with Crippen LogP contribution in [0.25, 0.3) is 0 Å². The molecule has 116 valence electrons. The van der Waals surface area contributed by atoms with Crippen molar-refractivity contribution in [3.8, 4) is 23.0 Å². The standard InChI is InChI=1S/C16H6Cl2N4O2/c17-11-13-15(23-9-5-19-3-1-7(9)21-13)12(18)14-16(11)24-10-6-20-4-2-8(10)22-14/h1-6H. The van der Waals surface area contributed by atoms with E-state index in [1.807, 2.05) is 0 Å². The maximum absolute atomic E-state index is 6.50. The van der Waals surface area contributed by atoms with Crippen LogP contribution in [0.1, 0.15) is 0 Å². The number of ether oxygens (including phenoxy) is 2. The third-order valence-electron chi connectivity index (χ3n) is 3.66. The van der Waals surface area contributed by atoms with Gasteiger partial charge in [0.15, 0.2) is 23.0 Å². The normalized spacial score (nSPS) is 13.1. The Bertz CT molecular complexity index is 1060. The van der Waals surface area contributed by atoms with Crippen molar-refractivity contribution in [2.24, 2.45) is 9.98 Å². The van der Waals surface area contributed by atoms with E-state index in [1.54, 1.807) is 36.9 Å². The van der Waals surface area contributed by atoms with Crippen LogP contribution in [-0.2, 0) is 0 Å². The lowest BCUT2D eigenvalue weighted by Crippen LogP contribution is -2.22. The van der Waals surface area contributed by atoms with Crippen molar-refractivity contribution in [3.05, 3.63) is 57.7 Å². The van der Waals surface area contributed by atoms with Gasteiger partial charge in [0, 0.05) is 12.4 Å². The fraction of sp³-hybridized carbons (Fsp3) is 0. The van der Waals surface area contributed by atoms with Gasteiger partial charge >= 0.3 is 0 Å². The summed E-state index contributed by atoms with van der Waals surface area (Å²) >= 11 is 13.0. The minimum Gasteiger partial charge on any atom is -0.449 e. The van der Waals surface area contributed by atoms with Crippen molar-refractivity contribution in [2.45, 2.75) is 0 Å². The van der Waals surface area contributed by atoms with Gasteiger partial charge in [-0.25, -0.2) is 9.98 Å². The van der Waals surface area contributed by atoms with Crippen LogP contribution in [0.5, 0.6) is 23.0 Å². The molecule has 0 atom stereocenters. The molecule has 0 fully saturated rings. The first kappa shape index (κ1) is 13.7. The highest BCUT2D eigenvalue weighted by atomic mass is 35.5. The van der Waals surface area contributed by atoms with E-state index >= 15 is 0 Å². The molecule has 0 aliphatic carbocycles. The maximum Gasteiger partial charge on any atom is 0.175 e. The maximum atomic E-state index is 6.50. The molecule has 2 aromatic heterocycles. The van der Waals surface area contributed by atoms with E-state index in [1.165, 1.54) is 0 Å². The molecule has 0 bridgehead atoms. The summed E-state index contributed by atoms with van der Waals surface area (Å²) in [5.74, 6) is 1.69. The number of halogens is 2. The highest BCUT2D eigenvalue weighted by Gasteiger charge is 2.26. The molecule has 0 saturated heterocycles. The first-order valence-corrected chi connectivity index (χ1v) is 7.70. The minimum absolute atomic E-state index is 0.283. The smallest absolute Gasteiger partial charge is 0.175 e. The number of pyridine rings is 2. The van der Waals surface area contributed by atoms with Gasteiger partial charge in [-0.15, -0.1) is 0 Å². The van der Waals surface area contributed by atoms with Crippen molar-refractivity contribution in [3.63, 3.8) is 0 Å². The third kappa shape index (κ3) is 1.84. The van der Waals surface area contributed by atoms with Gasteiger partial charge in [0.1, 0.15) is 32.1 Å². The molecular weight excluding hydrogens is 351 g/mol. The van der Waals surface area contributed by atoms with Crippen LogP contribution in [0.4, 0.5) is 11.4 Å². The summed E-state index contributed by atoms with van der Waals surface area (Å²) < 4.78 is 11.7. The molecule has 2 aliphatic heterocycles. The van der Waals surface area contributed by atoms with Crippen LogP contribution in [0.3, 0.4) is 0 Å². The number of fused-ring (bicyclic) bond motifs is 4. The summed E-state index contributed by atoms with van der Waals surface area (Å²) in [6.45, 7) is 0. The van der Waals surface area contributed by atoms with Gasteiger partial charge in [0.05, 0.1) is 12.4 Å². The number of aromatic nitrogens is 2. The summed E-state index contributed by atoms with van der Waals surface area (Å²) in [7, 11) is 0.